The van der Waals surface area contributed by atoms with Crippen LogP contribution in [0.5, 0.6) is 0 Å². The highest BCUT2D eigenvalue weighted by Crippen LogP contribution is 2.28. The first-order valence-corrected chi connectivity index (χ1v) is 11.8. The van der Waals surface area contributed by atoms with Crippen LogP contribution in [0.2, 0.25) is 0 Å². The molecule has 1 aliphatic heterocycles. The van der Waals surface area contributed by atoms with Crippen molar-refractivity contribution in [3.63, 3.8) is 0 Å². The van der Waals surface area contributed by atoms with E-state index >= 15 is 0 Å². The lowest BCUT2D eigenvalue weighted by atomic mass is 9.95. The fraction of sp³-hybridized carbons (Fsp3) is 0.292. The number of halogens is 1. The molecular weight excluding hydrogens is 399 g/mol. The lowest BCUT2D eigenvalue weighted by Gasteiger charge is -2.32. The molecule has 2 heterocycles. The summed E-state index contributed by atoms with van der Waals surface area (Å²) in [7, 11) is -3.37. The minimum absolute atomic E-state index is 0.0264. The molecule has 0 spiro atoms. The van der Waals surface area contributed by atoms with Crippen LogP contribution >= 0.6 is 0 Å². The van der Waals surface area contributed by atoms with E-state index in [1.165, 1.54) is 12.1 Å². The second kappa shape index (κ2) is 9.06. The zero-order chi connectivity index (χ0) is 21.0. The third kappa shape index (κ3) is 5.12. The molecule has 6 heteroatoms. The van der Waals surface area contributed by atoms with Gasteiger partial charge in [-0.3, -0.25) is 4.98 Å². The Kier molecular flexibility index (Phi) is 6.25. The fourth-order valence-electron chi connectivity index (χ4n) is 3.95. The van der Waals surface area contributed by atoms with Crippen molar-refractivity contribution in [3.8, 4) is 0 Å². The summed E-state index contributed by atoms with van der Waals surface area (Å²) in [6, 6.07) is 21.7. The van der Waals surface area contributed by atoms with Crippen molar-refractivity contribution in [2.24, 2.45) is 0 Å². The molecule has 30 heavy (non-hydrogen) atoms. The molecule has 0 N–H and O–H groups in total. The molecule has 1 aromatic heterocycles. The summed E-state index contributed by atoms with van der Waals surface area (Å²) in [5.41, 5.74) is 3.63. The summed E-state index contributed by atoms with van der Waals surface area (Å²) in [5, 5.41) is 0. The Hall–Kier alpha value is -2.57. The minimum atomic E-state index is -3.37. The van der Waals surface area contributed by atoms with Gasteiger partial charge in [-0.25, -0.2) is 17.1 Å². The quantitative estimate of drug-likeness (QED) is 0.585. The van der Waals surface area contributed by atoms with Crippen molar-refractivity contribution in [2.75, 3.05) is 13.1 Å². The summed E-state index contributed by atoms with van der Waals surface area (Å²) in [4.78, 5) is 4.80. The summed E-state index contributed by atoms with van der Waals surface area (Å²) < 4.78 is 40.6. The Morgan fingerprint density at radius 1 is 0.933 bits per heavy atom. The summed E-state index contributed by atoms with van der Waals surface area (Å²) in [6.07, 6.45) is 2.36. The Morgan fingerprint density at radius 2 is 1.70 bits per heavy atom. The standard InChI is InChI=1S/C24H25FN2O2S/c25-22-13-11-19(12-14-22)16-23-9-4-10-24(26-23)21-8-5-15-27(17-21)30(28,29)18-20-6-2-1-3-7-20/h1-4,6-7,9-14,21H,5,8,15-18H2/t21-/m0/s1. The molecule has 0 aliphatic carbocycles. The highest BCUT2D eigenvalue weighted by Gasteiger charge is 2.30. The molecule has 4 nitrogen and oxygen atoms in total. The molecule has 2 aromatic carbocycles. The van der Waals surface area contributed by atoms with Gasteiger partial charge in [0.1, 0.15) is 5.82 Å². The van der Waals surface area contributed by atoms with Crippen molar-refractivity contribution in [1.82, 2.24) is 9.29 Å². The first-order valence-electron chi connectivity index (χ1n) is 10.2. The van der Waals surface area contributed by atoms with Crippen LogP contribution in [0.15, 0.2) is 72.8 Å². The highest BCUT2D eigenvalue weighted by molar-refractivity contribution is 7.88. The van der Waals surface area contributed by atoms with E-state index in [1.54, 1.807) is 16.4 Å². The van der Waals surface area contributed by atoms with E-state index in [-0.39, 0.29) is 17.5 Å². The van der Waals surface area contributed by atoms with Crippen LogP contribution in [0.1, 0.15) is 41.3 Å². The fourth-order valence-corrected chi connectivity index (χ4v) is 5.56. The molecule has 0 unspecified atom stereocenters. The molecule has 0 saturated carbocycles. The number of hydrogen-bond acceptors (Lipinski definition) is 3. The maximum atomic E-state index is 13.1. The summed E-state index contributed by atoms with van der Waals surface area (Å²) in [5.74, 6) is -0.143. The van der Waals surface area contributed by atoms with Crippen LogP contribution in [0.4, 0.5) is 4.39 Å². The zero-order valence-electron chi connectivity index (χ0n) is 16.7. The average Bonchev–Trinajstić information content (AvgIpc) is 2.76. The Labute approximate surface area is 177 Å². The monoisotopic (exact) mass is 424 g/mol. The number of nitrogens with zero attached hydrogens (tertiary/aromatic N) is 2. The predicted molar refractivity (Wildman–Crippen MR) is 116 cm³/mol. The predicted octanol–water partition coefficient (Wildman–Crippen LogP) is 4.52. The first-order chi connectivity index (χ1) is 14.5. The van der Waals surface area contributed by atoms with Crippen molar-refractivity contribution in [1.29, 1.82) is 0 Å². The van der Waals surface area contributed by atoms with E-state index in [4.69, 9.17) is 4.98 Å². The molecule has 0 bridgehead atoms. The van der Waals surface area contributed by atoms with Gasteiger partial charge in [0, 0.05) is 36.8 Å². The van der Waals surface area contributed by atoms with Gasteiger partial charge in [-0.15, -0.1) is 0 Å². The number of rotatable bonds is 6. The van der Waals surface area contributed by atoms with Gasteiger partial charge in [-0.05, 0) is 48.2 Å². The maximum Gasteiger partial charge on any atom is 0.218 e. The Balaban J connectivity index is 1.47. The smallest absolute Gasteiger partial charge is 0.218 e. The molecular formula is C24H25FN2O2S. The molecule has 1 saturated heterocycles. The second-order valence-electron chi connectivity index (χ2n) is 7.80. The average molecular weight is 425 g/mol. The number of sulfonamides is 1. The van der Waals surface area contributed by atoms with Gasteiger partial charge in [0.15, 0.2) is 0 Å². The van der Waals surface area contributed by atoms with Crippen LogP contribution in [0.25, 0.3) is 0 Å². The van der Waals surface area contributed by atoms with Gasteiger partial charge in [0.25, 0.3) is 0 Å². The van der Waals surface area contributed by atoms with Crippen LogP contribution in [0, 0.1) is 5.82 Å². The maximum absolute atomic E-state index is 13.1. The van der Waals surface area contributed by atoms with Gasteiger partial charge in [-0.2, -0.15) is 0 Å². The number of benzene rings is 2. The summed E-state index contributed by atoms with van der Waals surface area (Å²) >= 11 is 0. The normalized spacial score (nSPS) is 17.7. The largest absolute Gasteiger partial charge is 0.257 e. The zero-order valence-corrected chi connectivity index (χ0v) is 17.6. The number of hydrogen-bond donors (Lipinski definition) is 0. The first kappa shape index (κ1) is 20.7. The molecule has 3 aromatic rings. The van der Waals surface area contributed by atoms with Gasteiger partial charge < -0.3 is 0 Å². The lowest BCUT2D eigenvalue weighted by Crippen LogP contribution is -2.39. The molecule has 0 amide bonds. The highest BCUT2D eigenvalue weighted by atomic mass is 32.2. The van der Waals surface area contributed by atoms with Gasteiger partial charge in [-0.1, -0.05) is 48.5 Å². The lowest BCUT2D eigenvalue weighted by molar-refractivity contribution is 0.312. The second-order valence-corrected chi connectivity index (χ2v) is 9.76. The van der Waals surface area contributed by atoms with Crippen LogP contribution in [0.3, 0.4) is 0 Å². The molecule has 1 aliphatic rings. The topological polar surface area (TPSA) is 50.3 Å². The van der Waals surface area contributed by atoms with Gasteiger partial charge >= 0.3 is 0 Å². The summed E-state index contributed by atoms with van der Waals surface area (Å²) in [6.45, 7) is 1.02. The van der Waals surface area contributed by atoms with Crippen molar-refractivity contribution in [3.05, 3.63) is 101 Å². The van der Waals surface area contributed by atoms with E-state index in [0.717, 1.165) is 35.4 Å². The van der Waals surface area contributed by atoms with E-state index in [9.17, 15) is 12.8 Å². The molecule has 4 rings (SSSR count). The number of piperidine rings is 1. The Bertz CT molecular complexity index is 1090. The van der Waals surface area contributed by atoms with E-state index < -0.39 is 10.0 Å². The molecule has 1 atom stereocenters. The van der Waals surface area contributed by atoms with E-state index in [2.05, 4.69) is 0 Å². The van der Waals surface area contributed by atoms with Crippen molar-refractivity contribution < 1.29 is 12.8 Å². The minimum Gasteiger partial charge on any atom is -0.257 e. The van der Waals surface area contributed by atoms with Crippen LogP contribution < -0.4 is 0 Å². The molecule has 0 radical (unpaired) electrons. The van der Waals surface area contributed by atoms with E-state index in [1.807, 2.05) is 48.5 Å². The van der Waals surface area contributed by atoms with Crippen LogP contribution in [-0.2, 0) is 22.2 Å². The van der Waals surface area contributed by atoms with Crippen molar-refractivity contribution in [2.45, 2.75) is 30.9 Å². The third-order valence-electron chi connectivity index (χ3n) is 5.51. The number of aromatic nitrogens is 1. The number of pyridine rings is 1. The Morgan fingerprint density at radius 3 is 2.47 bits per heavy atom. The molecule has 1 fully saturated rings. The van der Waals surface area contributed by atoms with Crippen molar-refractivity contribution >= 4 is 10.0 Å². The van der Waals surface area contributed by atoms with Gasteiger partial charge in [0.05, 0.1) is 5.75 Å². The van der Waals surface area contributed by atoms with Gasteiger partial charge in [0.2, 0.25) is 10.0 Å². The third-order valence-corrected chi connectivity index (χ3v) is 7.33. The van der Waals surface area contributed by atoms with E-state index in [0.29, 0.717) is 19.5 Å². The molecule has 156 valence electrons. The van der Waals surface area contributed by atoms with Crippen LogP contribution in [-0.4, -0.2) is 30.8 Å². The SMILES string of the molecule is O=S(=O)(Cc1ccccc1)N1CCC[C@H](c2cccc(Cc3ccc(F)cc3)n2)C1.